The van der Waals surface area contributed by atoms with E-state index in [0.29, 0.717) is 15.8 Å². The number of amidine groups is 1. The third-order valence-electron chi connectivity index (χ3n) is 2.38. The fourth-order valence-corrected chi connectivity index (χ4v) is 2.95. The summed E-state index contributed by atoms with van der Waals surface area (Å²) in [5.41, 5.74) is 0.841. The van der Waals surface area contributed by atoms with Crippen LogP contribution in [0.5, 0.6) is 5.75 Å². The van der Waals surface area contributed by atoms with Gasteiger partial charge in [0.05, 0.1) is 16.5 Å². The molecule has 2 rings (SSSR count). The predicted octanol–water partition coefficient (Wildman–Crippen LogP) is 2.56. The summed E-state index contributed by atoms with van der Waals surface area (Å²) in [6.45, 7) is 1.37. The van der Waals surface area contributed by atoms with E-state index in [4.69, 9.17) is 4.74 Å². The number of thioether (sulfide) groups is 1. The minimum atomic E-state index is -0.356. The van der Waals surface area contributed by atoms with Crippen molar-refractivity contribution in [2.45, 2.75) is 6.92 Å². The first-order valence-corrected chi connectivity index (χ1v) is 7.24. The smallest absolute Gasteiger partial charge is 0.286 e. The van der Waals surface area contributed by atoms with Crippen LogP contribution in [-0.4, -0.2) is 24.1 Å². The Morgan fingerprint density at radius 2 is 2.25 bits per heavy atom. The summed E-state index contributed by atoms with van der Waals surface area (Å²) in [5, 5.41) is 2.81. The molecule has 1 heterocycles. The Morgan fingerprint density at radius 3 is 2.85 bits per heavy atom. The van der Waals surface area contributed by atoms with Gasteiger partial charge in [-0.25, -0.2) is 0 Å². The van der Waals surface area contributed by atoms with E-state index in [1.807, 2.05) is 12.1 Å². The lowest BCUT2D eigenvalue weighted by Gasteiger charge is -2.04. The minimum absolute atomic E-state index is 0.252. The molecule has 0 bridgehead atoms. The number of amides is 2. The van der Waals surface area contributed by atoms with Crippen molar-refractivity contribution in [1.82, 2.24) is 5.32 Å². The SMILES string of the molecule is COc1ccc(/C=C2/SC(NC(C)=O)=NC2=O)cc1Br. The highest BCUT2D eigenvalue weighted by molar-refractivity contribution is 9.10. The van der Waals surface area contributed by atoms with Crippen LogP contribution in [0.2, 0.25) is 0 Å². The van der Waals surface area contributed by atoms with Gasteiger partial charge in [0.25, 0.3) is 5.91 Å². The van der Waals surface area contributed by atoms with Crippen LogP contribution in [0.1, 0.15) is 12.5 Å². The van der Waals surface area contributed by atoms with E-state index in [1.54, 1.807) is 19.3 Å². The zero-order chi connectivity index (χ0) is 14.7. The number of carbonyl (C=O) groups excluding carboxylic acids is 2. The topological polar surface area (TPSA) is 67.8 Å². The molecule has 0 fully saturated rings. The zero-order valence-corrected chi connectivity index (χ0v) is 13.2. The molecule has 1 aliphatic heterocycles. The molecular formula is C13H11BrN2O3S. The molecule has 0 atom stereocenters. The van der Waals surface area contributed by atoms with E-state index in [2.05, 4.69) is 26.2 Å². The van der Waals surface area contributed by atoms with Gasteiger partial charge in [-0.2, -0.15) is 4.99 Å². The van der Waals surface area contributed by atoms with Crippen LogP contribution < -0.4 is 10.1 Å². The monoisotopic (exact) mass is 354 g/mol. The first-order chi connectivity index (χ1) is 9.49. The molecule has 1 aliphatic rings. The summed E-state index contributed by atoms with van der Waals surface area (Å²) >= 11 is 4.53. The van der Waals surface area contributed by atoms with Gasteiger partial charge in [-0.1, -0.05) is 6.07 Å². The largest absolute Gasteiger partial charge is 0.496 e. The van der Waals surface area contributed by atoms with Crippen LogP contribution in [0.25, 0.3) is 6.08 Å². The number of nitrogens with one attached hydrogen (secondary N) is 1. The quantitative estimate of drug-likeness (QED) is 0.828. The van der Waals surface area contributed by atoms with Gasteiger partial charge in [-0.05, 0) is 51.5 Å². The van der Waals surface area contributed by atoms with Crippen molar-refractivity contribution < 1.29 is 14.3 Å². The first kappa shape index (κ1) is 14.8. The van der Waals surface area contributed by atoms with Gasteiger partial charge in [0.1, 0.15) is 5.75 Å². The molecule has 5 nitrogen and oxygen atoms in total. The van der Waals surface area contributed by atoms with Gasteiger partial charge in [-0.15, -0.1) is 0 Å². The third kappa shape index (κ3) is 3.49. The maximum atomic E-state index is 11.7. The van der Waals surface area contributed by atoms with Gasteiger partial charge in [0.2, 0.25) is 5.91 Å². The Labute approximate surface area is 128 Å². The summed E-state index contributed by atoms with van der Waals surface area (Å²) in [5.74, 6) is 0.107. The number of ether oxygens (including phenoxy) is 1. The lowest BCUT2D eigenvalue weighted by Crippen LogP contribution is -2.23. The number of hydrogen-bond donors (Lipinski definition) is 1. The third-order valence-corrected chi connectivity index (χ3v) is 3.90. The summed E-state index contributed by atoms with van der Waals surface area (Å²) in [7, 11) is 1.59. The fraction of sp³-hybridized carbons (Fsp3) is 0.154. The second-order valence-corrected chi connectivity index (χ2v) is 5.79. The average molecular weight is 355 g/mol. The van der Waals surface area contributed by atoms with Gasteiger partial charge in [0, 0.05) is 6.92 Å². The van der Waals surface area contributed by atoms with Crippen molar-refractivity contribution in [3.05, 3.63) is 33.1 Å². The van der Waals surface area contributed by atoms with Crippen LogP contribution >= 0.6 is 27.7 Å². The second kappa shape index (κ2) is 6.23. The molecule has 0 saturated carbocycles. The highest BCUT2D eigenvalue weighted by atomic mass is 79.9. The molecule has 104 valence electrons. The maximum absolute atomic E-state index is 11.7. The van der Waals surface area contributed by atoms with E-state index >= 15 is 0 Å². The van der Waals surface area contributed by atoms with Crippen LogP contribution in [0, 0.1) is 0 Å². The van der Waals surface area contributed by atoms with E-state index in [-0.39, 0.29) is 11.8 Å². The number of rotatable bonds is 2. The van der Waals surface area contributed by atoms with E-state index in [1.165, 1.54) is 6.92 Å². The van der Waals surface area contributed by atoms with Gasteiger partial charge >= 0.3 is 0 Å². The fourth-order valence-electron chi connectivity index (χ4n) is 1.54. The van der Waals surface area contributed by atoms with Crippen molar-refractivity contribution in [1.29, 1.82) is 0 Å². The summed E-state index contributed by atoms with van der Waals surface area (Å²) in [4.78, 5) is 26.9. The molecule has 0 aromatic heterocycles. The maximum Gasteiger partial charge on any atom is 0.286 e. The van der Waals surface area contributed by atoms with Gasteiger partial charge in [0.15, 0.2) is 5.17 Å². The van der Waals surface area contributed by atoms with Crippen molar-refractivity contribution in [3.63, 3.8) is 0 Å². The van der Waals surface area contributed by atoms with Crippen molar-refractivity contribution in [2.75, 3.05) is 7.11 Å². The lowest BCUT2D eigenvalue weighted by atomic mass is 10.2. The summed E-state index contributed by atoms with van der Waals surface area (Å²) < 4.78 is 5.94. The number of nitrogens with zero attached hydrogens (tertiary/aromatic N) is 1. The number of hydrogen-bond acceptors (Lipinski definition) is 4. The van der Waals surface area contributed by atoms with Crippen LogP contribution in [0.15, 0.2) is 32.6 Å². The number of halogens is 1. The molecule has 0 spiro atoms. The highest BCUT2D eigenvalue weighted by Crippen LogP contribution is 2.30. The highest BCUT2D eigenvalue weighted by Gasteiger charge is 2.22. The zero-order valence-electron chi connectivity index (χ0n) is 10.8. The Balaban J connectivity index is 2.19. The van der Waals surface area contributed by atoms with Crippen LogP contribution in [-0.2, 0) is 9.59 Å². The lowest BCUT2D eigenvalue weighted by molar-refractivity contribution is -0.117. The van der Waals surface area contributed by atoms with Crippen LogP contribution in [0.3, 0.4) is 0 Å². The summed E-state index contributed by atoms with van der Waals surface area (Å²) in [6, 6.07) is 5.48. The normalized spacial score (nSPS) is 16.2. The molecule has 0 radical (unpaired) electrons. The molecule has 2 amide bonds. The molecule has 1 aromatic carbocycles. The molecule has 0 saturated heterocycles. The van der Waals surface area contributed by atoms with Gasteiger partial charge < -0.3 is 10.1 Å². The van der Waals surface area contributed by atoms with Crippen molar-refractivity contribution in [2.24, 2.45) is 4.99 Å². The van der Waals surface area contributed by atoms with Crippen LogP contribution in [0.4, 0.5) is 0 Å². The molecule has 0 unspecified atom stereocenters. The van der Waals surface area contributed by atoms with E-state index in [0.717, 1.165) is 21.8 Å². The molecule has 1 aromatic rings. The minimum Gasteiger partial charge on any atom is -0.496 e. The predicted molar refractivity (Wildman–Crippen MR) is 82.5 cm³/mol. The Kier molecular flexibility index (Phi) is 4.61. The molecule has 7 heteroatoms. The number of methoxy groups -OCH3 is 1. The van der Waals surface area contributed by atoms with Crippen molar-refractivity contribution in [3.8, 4) is 5.75 Å². The Morgan fingerprint density at radius 1 is 1.50 bits per heavy atom. The average Bonchev–Trinajstić information content (AvgIpc) is 2.69. The van der Waals surface area contributed by atoms with Gasteiger partial charge in [-0.3, -0.25) is 9.59 Å². The molecule has 0 aliphatic carbocycles. The standard InChI is InChI=1S/C13H11BrN2O3S/c1-7(17)15-13-16-12(18)11(20-13)6-8-3-4-10(19-2)9(14)5-8/h3-6H,1-2H3,(H,15,16,17,18)/b11-6+. The molecular weight excluding hydrogens is 344 g/mol. The van der Waals surface area contributed by atoms with E-state index < -0.39 is 0 Å². The Bertz CT molecular complexity index is 641. The number of aliphatic imine (C=N–C) groups is 1. The molecule has 1 N–H and O–H groups in total. The number of benzene rings is 1. The van der Waals surface area contributed by atoms with Crippen molar-refractivity contribution >= 4 is 50.7 Å². The number of carbonyl (C=O) groups is 2. The summed E-state index contributed by atoms with van der Waals surface area (Å²) in [6.07, 6.45) is 1.72. The second-order valence-electron chi connectivity index (χ2n) is 3.91. The first-order valence-electron chi connectivity index (χ1n) is 5.63. The Hall–Kier alpha value is -1.60. The van der Waals surface area contributed by atoms with E-state index in [9.17, 15) is 9.59 Å². The molecule has 20 heavy (non-hydrogen) atoms.